The van der Waals surface area contributed by atoms with Gasteiger partial charge in [0.1, 0.15) is 19.0 Å². The standard InChI is InChI=1S/C28H32FN3O6S/c1-19(21-9-11-24(29)12-10-21)31-26(34)22-13-23(15-25(14-22)32(2)39(3,36)37)27(35)38-18-28(30,17-33)16-20-7-5-4-6-8-20/h4-15,19,33H,16-18,30H2,1-3H3,(H,31,34)/p+1/t19-,28?/m1/s1. The molecule has 208 valence electrons. The van der Waals surface area contributed by atoms with Crippen molar-refractivity contribution in [3.8, 4) is 0 Å². The summed E-state index contributed by atoms with van der Waals surface area (Å²) in [6.45, 7) is 1.15. The third-order valence-electron chi connectivity index (χ3n) is 6.26. The molecule has 0 aromatic heterocycles. The first kappa shape index (κ1) is 29.8. The summed E-state index contributed by atoms with van der Waals surface area (Å²) >= 11 is 0. The van der Waals surface area contributed by atoms with Crippen molar-refractivity contribution < 1.29 is 38.0 Å². The third-order valence-corrected chi connectivity index (χ3v) is 7.47. The molecule has 0 heterocycles. The minimum atomic E-state index is -3.71. The summed E-state index contributed by atoms with van der Waals surface area (Å²) in [5.41, 5.74) is 4.64. The molecule has 3 aromatic rings. The van der Waals surface area contributed by atoms with Crippen LogP contribution < -0.4 is 15.4 Å². The number of carbonyl (C=O) groups is 2. The maximum atomic E-state index is 13.3. The van der Waals surface area contributed by atoms with Crippen LogP contribution in [0.25, 0.3) is 0 Å². The Hall–Kier alpha value is -3.80. The Labute approximate surface area is 227 Å². The zero-order valence-electron chi connectivity index (χ0n) is 22.1. The zero-order chi connectivity index (χ0) is 28.8. The smallest absolute Gasteiger partial charge is 0.338 e. The average Bonchev–Trinajstić information content (AvgIpc) is 2.91. The van der Waals surface area contributed by atoms with Crippen molar-refractivity contribution in [3.63, 3.8) is 0 Å². The molecule has 0 aliphatic carbocycles. The van der Waals surface area contributed by atoms with Crippen molar-refractivity contribution in [1.82, 2.24) is 5.32 Å². The first-order valence-electron chi connectivity index (χ1n) is 12.1. The van der Waals surface area contributed by atoms with Crippen LogP contribution in [0.1, 0.15) is 44.8 Å². The summed E-state index contributed by atoms with van der Waals surface area (Å²) in [4.78, 5) is 26.2. The monoisotopic (exact) mass is 558 g/mol. The highest BCUT2D eigenvalue weighted by atomic mass is 32.2. The van der Waals surface area contributed by atoms with E-state index in [1.54, 1.807) is 19.1 Å². The fraction of sp³-hybridized carbons (Fsp3) is 0.286. The van der Waals surface area contributed by atoms with Crippen LogP contribution in [0.15, 0.2) is 72.8 Å². The lowest BCUT2D eigenvalue weighted by Gasteiger charge is -2.24. The number of sulfonamides is 1. The number of anilines is 1. The van der Waals surface area contributed by atoms with Crippen molar-refractivity contribution >= 4 is 27.6 Å². The predicted octanol–water partition coefficient (Wildman–Crippen LogP) is 2.09. The Morgan fingerprint density at radius 3 is 2.28 bits per heavy atom. The van der Waals surface area contributed by atoms with Crippen LogP contribution in [-0.4, -0.2) is 57.5 Å². The average molecular weight is 559 g/mol. The molecule has 0 aliphatic heterocycles. The first-order chi connectivity index (χ1) is 18.3. The fourth-order valence-electron chi connectivity index (χ4n) is 3.83. The molecular formula is C28H33FN3O6S+. The van der Waals surface area contributed by atoms with Gasteiger partial charge in [0, 0.05) is 19.0 Å². The lowest BCUT2D eigenvalue weighted by molar-refractivity contribution is -0.488. The van der Waals surface area contributed by atoms with E-state index in [4.69, 9.17) is 4.74 Å². The van der Waals surface area contributed by atoms with Gasteiger partial charge in [-0.25, -0.2) is 17.6 Å². The van der Waals surface area contributed by atoms with Gasteiger partial charge in [0.25, 0.3) is 5.91 Å². The van der Waals surface area contributed by atoms with E-state index in [0.29, 0.717) is 12.0 Å². The number of amides is 1. The van der Waals surface area contributed by atoms with Crippen molar-refractivity contribution in [2.75, 3.05) is 30.8 Å². The van der Waals surface area contributed by atoms with Gasteiger partial charge in [0.2, 0.25) is 10.0 Å². The molecule has 3 rings (SSSR count). The van der Waals surface area contributed by atoms with Crippen LogP contribution in [0.3, 0.4) is 0 Å². The summed E-state index contributed by atoms with van der Waals surface area (Å²) < 4.78 is 44.1. The molecule has 3 aromatic carbocycles. The number of carbonyl (C=O) groups excluding carboxylic acids is 2. The summed E-state index contributed by atoms with van der Waals surface area (Å²) in [6, 6.07) is 18.4. The number of aliphatic hydroxyl groups excluding tert-OH is 1. The quantitative estimate of drug-likeness (QED) is 0.308. The van der Waals surface area contributed by atoms with Gasteiger partial charge >= 0.3 is 5.97 Å². The molecular weight excluding hydrogens is 525 g/mol. The molecule has 0 radical (unpaired) electrons. The highest BCUT2D eigenvalue weighted by molar-refractivity contribution is 7.92. The summed E-state index contributed by atoms with van der Waals surface area (Å²) in [5.74, 6) is -1.79. The molecule has 5 N–H and O–H groups in total. The van der Waals surface area contributed by atoms with Crippen molar-refractivity contribution in [1.29, 1.82) is 0 Å². The first-order valence-corrected chi connectivity index (χ1v) is 14.0. The van der Waals surface area contributed by atoms with Crippen molar-refractivity contribution in [2.24, 2.45) is 0 Å². The molecule has 11 heteroatoms. The number of quaternary nitrogens is 1. The van der Waals surface area contributed by atoms with E-state index in [9.17, 15) is 27.5 Å². The van der Waals surface area contributed by atoms with Crippen molar-refractivity contribution in [3.05, 3.63) is 101 Å². The Morgan fingerprint density at radius 1 is 1.08 bits per heavy atom. The van der Waals surface area contributed by atoms with E-state index in [1.165, 1.54) is 37.4 Å². The topological polar surface area (TPSA) is 141 Å². The third kappa shape index (κ3) is 8.09. The van der Waals surface area contributed by atoms with Gasteiger partial charge in [-0.3, -0.25) is 9.10 Å². The maximum absolute atomic E-state index is 13.3. The van der Waals surface area contributed by atoms with Gasteiger partial charge in [0.05, 0.1) is 23.5 Å². The highest BCUT2D eigenvalue weighted by Crippen LogP contribution is 2.23. The predicted molar refractivity (Wildman–Crippen MR) is 145 cm³/mol. The van der Waals surface area contributed by atoms with Gasteiger partial charge in [0.15, 0.2) is 5.54 Å². The van der Waals surface area contributed by atoms with Crippen LogP contribution in [0.4, 0.5) is 10.1 Å². The number of benzene rings is 3. The minimum absolute atomic E-state index is 0.0243. The minimum Gasteiger partial charge on any atom is -0.455 e. The second-order valence-electron chi connectivity index (χ2n) is 9.64. The van der Waals surface area contributed by atoms with E-state index in [2.05, 4.69) is 11.1 Å². The molecule has 9 nitrogen and oxygen atoms in total. The second-order valence-corrected chi connectivity index (χ2v) is 11.7. The van der Waals surface area contributed by atoms with Gasteiger partial charge in [-0.2, -0.15) is 0 Å². The van der Waals surface area contributed by atoms with E-state index < -0.39 is 39.3 Å². The number of hydrogen-bond donors (Lipinski definition) is 3. The Bertz CT molecular complexity index is 1420. The number of nitrogens with one attached hydrogen (secondary N) is 1. The molecule has 0 bridgehead atoms. The summed E-state index contributed by atoms with van der Waals surface area (Å²) in [5, 5.41) is 12.7. The van der Waals surface area contributed by atoms with E-state index in [-0.39, 0.29) is 30.0 Å². The SMILES string of the molecule is C[C@@H](NC(=O)c1cc(C(=O)OCC([NH3+])(CO)Cc2ccccc2)cc(N(C)S(C)(=O)=O)c1)c1ccc(F)cc1. The van der Waals surface area contributed by atoms with Crippen LogP contribution >= 0.6 is 0 Å². The van der Waals surface area contributed by atoms with Gasteiger partial charge in [-0.1, -0.05) is 42.5 Å². The molecule has 0 saturated carbocycles. The number of ether oxygens (including phenoxy) is 1. The number of aliphatic hydroxyl groups is 1. The summed E-state index contributed by atoms with van der Waals surface area (Å²) in [6.07, 6.45) is 1.35. The zero-order valence-corrected chi connectivity index (χ0v) is 22.9. The molecule has 0 aliphatic rings. The van der Waals surface area contributed by atoms with E-state index in [1.807, 2.05) is 30.3 Å². The largest absolute Gasteiger partial charge is 0.455 e. The van der Waals surface area contributed by atoms with Crippen LogP contribution in [-0.2, 0) is 21.2 Å². The fourth-order valence-corrected chi connectivity index (χ4v) is 4.32. The molecule has 0 saturated heterocycles. The molecule has 0 spiro atoms. The Balaban J connectivity index is 1.85. The normalized spacial score (nSPS) is 13.7. The lowest BCUT2D eigenvalue weighted by Crippen LogP contribution is -2.78. The van der Waals surface area contributed by atoms with Crippen LogP contribution in [0.5, 0.6) is 0 Å². The molecule has 1 unspecified atom stereocenters. The second kappa shape index (κ2) is 12.4. The highest BCUT2D eigenvalue weighted by Gasteiger charge is 2.31. The van der Waals surface area contributed by atoms with Crippen molar-refractivity contribution in [2.45, 2.75) is 24.9 Å². The lowest BCUT2D eigenvalue weighted by atomic mass is 9.93. The number of halogens is 1. The Kier molecular flexibility index (Phi) is 9.44. The molecule has 2 atom stereocenters. The van der Waals surface area contributed by atoms with E-state index >= 15 is 0 Å². The molecule has 0 fully saturated rings. The number of rotatable bonds is 11. The number of nitrogens with zero attached hydrogens (tertiary/aromatic N) is 1. The Morgan fingerprint density at radius 2 is 1.69 bits per heavy atom. The number of hydrogen-bond acceptors (Lipinski definition) is 6. The van der Waals surface area contributed by atoms with E-state index in [0.717, 1.165) is 16.1 Å². The summed E-state index contributed by atoms with van der Waals surface area (Å²) in [7, 11) is -2.41. The maximum Gasteiger partial charge on any atom is 0.338 e. The van der Waals surface area contributed by atoms with Gasteiger partial charge in [-0.05, 0) is 48.4 Å². The van der Waals surface area contributed by atoms with Crippen LogP contribution in [0.2, 0.25) is 0 Å². The van der Waals surface area contributed by atoms with Crippen LogP contribution in [0, 0.1) is 5.82 Å². The van der Waals surface area contributed by atoms with Gasteiger partial charge < -0.3 is 20.9 Å². The molecule has 39 heavy (non-hydrogen) atoms. The van der Waals surface area contributed by atoms with Gasteiger partial charge in [-0.15, -0.1) is 0 Å². The molecule has 1 amide bonds. The number of esters is 1.